The van der Waals surface area contributed by atoms with Gasteiger partial charge in [0.25, 0.3) is 5.91 Å². The van der Waals surface area contributed by atoms with Gasteiger partial charge in [0.05, 0.1) is 0 Å². The summed E-state index contributed by atoms with van der Waals surface area (Å²) in [5.41, 5.74) is 1.47. The highest BCUT2D eigenvalue weighted by Crippen LogP contribution is 2.27. The van der Waals surface area contributed by atoms with E-state index in [1.807, 2.05) is 30.3 Å². The number of nitrogens with one attached hydrogen (secondary N) is 1. The molecule has 0 saturated carbocycles. The maximum absolute atomic E-state index is 13.4. The molecule has 1 atom stereocenters. The molecule has 3 aromatic rings. The maximum Gasteiger partial charge on any atom is 0.261 e. The Balaban J connectivity index is 1.91. The van der Waals surface area contributed by atoms with E-state index in [4.69, 9.17) is 39.5 Å². The summed E-state index contributed by atoms with van der Waals surface area (Å²) in [6, 6.07) is 20.5. The van der Waals surface area contributed by atoms with E-state index in [1.165, 1.54) is 11.9 Å². The molecule has 0 heterocycles. The standard InChI is InChI=1S/C25H23Cl3N2O3/c1-29-25(32)23(14-17-6-3-2-4-7-17)30(15-20-21(27)8-5-9-22(20)28)24(31)16-33-19-12-10-18(26)11-13-19/h2-13,23H,14-16H2,1H3,(H,29,32)/t23-/m0/s1. The number of hydrogen-bond acceptors (Lipinski definition) is 3. The lowest BCUT2D eigenvalue weighted by Crippen LogP contribution is -2.51. The maximum atomic E-state index is 13.4. The van der Waals surface area contributed by atoms with E-state index in [-0.39, 0.29) is 25.0 Å². The zero-order valence-corrected chi connectivity index (χ0v) is 20.2. The third-order valence-corrected chi connectivity index (χ3v) is 6.04. The van der Waals surface area contributed by atoms with Crippen LogP contribution in [0.4, 0.5) is 0 Å². The predicted octanol–water partition coefficient (Wildman–Crippen LogP) is 5.41. The van der Waals surface area contributed by atoms with Crippen molar-refractivity contribution in [2.24, 2.45) is 0 Å². The van der Waals surface area contributed by atoms with Gasteiger partial charge < -0.3 is 15.0 Å². The van der Waals surface area contributed by atoms with Crippen LogP contribution in [0.2, 0.25) is 15.1 Å². The molecule has 0 aliphatic carbocycles. The summed E-state index contributed by atoms with van der Waals surface area (Å²) in [6.07, 6.45) is 0.315. The van der Waals surface area contributed by atoms with Crippen molar-refractivity contribution in [1.82, 2.24) is 10.2 Å². The summed E-state index contributed by atoms with van der Waals surface area (Å²) >= 11 is 18.7. The van der Waals surface area contributed by atoms with Gasteiger partial charge in [0, 0.05) is 40.6 Å². The van der Waals surface area contributed by atoms with Gasteiger partial charge in [0.2, 0.25) is 5.91 Å². The minimum absolute atomic E-state index is 0.0479. The topological polar surface area (TPSA) is 58.6 Å². The van der Waals surface area contributed by atoms with Crippen LogP contribution in [0, 0.1) is 0 Å². The monoisotopic (exact) mass is 504 g/mol. The highest BCUT2D eigenvalue weighted by molar-refractivity contribution is 6.36. The lowest BCUT2D eigenvalue weighted by molar-refractivity contribution is -0.142. The fraction of sp³-hybridized carbons (Fsp3) is 0.200. The molecule has 0 radical (unpaired) electrons. The quantitative estimate of drug-likeness (QED) is 0.423. The zero-order chi connectivity index (χ0) is 23.8. The fourth-order valence-corrected chi connectivity index (χ4v) is 3.98. The first-order chi connectivity index (χ1) is 15.9. The molecule has 0 aliphatic heterocycles. The Morgan fingerprint density at radius 1 is 0.909 bits per heavy atom. The number of likely N-dealkylation sites (N-methyl/N-ethyl adjacent to an activating group) is 1. The van der Waals surface area contributed by atoms with Crippen molar-refractivity contribution < 1.29 is 14.3 Å². The smallest absolute Gasteiger partial charge is 0.261 e. The van der Waals surface area contributed by atoms with Gasteiger partial charge in [0.1, 0.15) is 11.8 Å². The Morgan fingerprint density at radius 2 is 1.55 bits per heavy atom. The largest absolute Gasteiger partial charge is 0.484 e. The lowest BCUT2D eigenvalue weighted by atomic mass is 10.0. The number of benzene rings is 3. The molecule has 0 spiro atoms. The van der Waals surface area contributed by atoms with E-state index in [1.54, 1.807) is 42.5 Å². The molecule has 3 aromatic carbocycles. The van der Waals surface area contributed by atoms with Gasteiger partial charge >= 0.3 is 0 Å². The van der Waals surface area contributed by atoms with Crippen LogP contribution in [-0.2, 0) is 22.6 Å². The molecule has 33 heavy (non-hydrogen) atoms. The van der Waals surface area contributed by atoms with E-state index in [2.05, 4.69) is 5.32 Å². The van der Waals surface area contributed by atoms with E-state index in [0.717, 1.165) is 5.56 Å². The van der Waals surface area contributed by atoms with Crippen molar-refractivity contribution >= 4 is 46.6 Å². The van der Waals surface area contributed by atoms with Gasteiger partial charge in [-0.1, -0.05) is 71.2 Å². The number of hydrogen-bond donors (Lipinski definition) is 1. The second-order valence-corrected chi connectivity index (χ2v) is 8.54. The van der Waals surface area contributed by atoms with Gasteiger partial charge in [-0.15, -0.1) is 0 Å². The van der Waals surface area contributed by atoms with Crippen LogP contribution in [0.3, 0.4) is 0 Å². The summed E-state index contributed by atoms with van der Waals surface area (Å²) < 4.78 is 5.67. The van der Waals surface area contributed by atoms with Gasteiger partial charge in [-0.2, -0.15) is 0 Å². The number of halogens is 3. The molecule has 2 amide bonds. The lowest BCUT2D eigenvalue weighted by Gasteiger charge is -2.31. The first-order valence-corrected chi connectivity index (χ1v) is 11.4. The van der Waals surface area contributed by atoms with E-state index in [0.29, 0.717) is 32.8 Å². The summed E-state index contributed by atoms with van der Waals surface area (Å²) in [7, 11) is 1.54. The van der Waals surface area contributed by atoms with Crippen LogP contribution in [0.1, 0.15) is 11.1 Å². The van der Waals surface area contributed by atoms with Crippen LogP contribution in [0.25, 0.3) is 0 Å². The van der Waals surface area contributed by atoms with Gasteiger partial charge in [-0.3, -0.25) is 9.59 Å². The van der Waals surface area contributed by atoms with Crippen molar-refractivity contribution in [2.45, 2.75) is 19.0 Å². The molecule has 0 bridgehead atoms. The van der Waals surface area contributed by atoms with Crippen molar-refractivity contribution in [3.63, 3.8) is 0 Å². The number of carbonyl (C=O) groups is 2. The third kappa shape index (κ3) is 6.87. The summed E-state index contributed by atoms with van der Waals surface area (Å²) in [6.45, 7) is -0.224. The Bertz CT molecular complexity index is 1070. The molecule has 0 unspecified atom stereocenters. The Morgan fingerprint density at radius 3 is 2.15 bits per heavy atom. The van der Waals surface area contributed by atoms with Crippen LogP contribution >= 0.6 is 34.8 Å². The molecule has 3 rings (SSSR count). The van der Waals surface area contributed by atoms with Crippen LogP contribution in [0.15, 0.2) is 72.8 Å². The highest BCUT2D eigenvalue weighted by Gasteiger charge is 2.31. The molecule has 0 saturated heterocycles. The highest BCUT2D eigenvalue weighted by atomic mass is 35.5. The SMILES string of the molecule is CNC(=O)[C@H](Cc1ccccc1)N(Cc1c(Cl)cccc1Cl)C(=O)COc1ccc(Cl)cc1. The van der Waals surface area contributed by atoms with E-state index in [9.17, 15) is 9.59 Å². The number of carbonyl (C=O) groups excluding carboxylic acids is 2. The Hall–Kier alpha value is -2.73. The Kier molecular flexibility index (Phi) is 9.01. The van der Waals surface area contributed by atoms with Crippen LogP contribution in [0.5, 0.6) is 5.75 Å². The van der Waals surface area contributed by atoms with Crippen LogP contribution in [-0.4, -0.2) is 36.4 Å². The third-order valence-electron chi connectivity index (χ3n) is 5.08. The average Bonchev–Trinajstić information content (AvgIpc) is 2.82. The first kappa shape index (κ1) is 24.9. The summed E-state index contributed by atoms with van der Waals surface area (Å²) in [4.78, 5) is 27.7. The van der Waals surface area contributed by atoms with Gasteiger partial charge in [0.15, 0.2) is 6.61 Å². The molecule has 1 N–H and O–H groups in total. The molecule has 0 aromatic heterocycles. The number of rotatable bonds is 9. The average molecular weight is 506 g/mol. The van der Waals surface area contributed by atoms with Crippen molar-refractivity contribution in [2.75, 3.05) is 13.7 Å². The molecule has 8 heteroatoms. The second kappa shape index (κ2) is 11.9. The van der Waals surface area contributed by atoms with Gasteiger partial charge in [-0.05, 0) is 42.0 Å². The number of nitrogens with zero attached hydrogens (tertiary/aromatic N) is 1. The fourth-order valence-electron chi connectivity index (χ4n) is 3.33. The minimum atomic E-state index is -0.800. The minimum Gasteiger partial charge on any atom is -0.484 e. The van der Waals surface area contributed by atoms with Crippen molar-refractivity contribution in [3.05, 3.63) is 99.0 Å². The molecule has 0 aliphatic rings. The zero-order valence-electron chi connectivity index (χ0n) is 17.9. The van der Waals surface area contributed by atoms with Crippen molar-refractivity contribution in [1.29, 1.82) is 0 Å². The van der Waals surface area contributed by atoms with E-state index < -0.39 is 6.04 Å². The number of ether oxygens (including phenoxy) is 1. The molecular formula is C25H23Cl3N2O3. The Labute approximate surface area is 208 Å². The first-order valence-electron chi connectivity index (χ1n) is 10.2. The predicted molar refractivity (Wildman–Crippen MR) is 132 cm³/mol. The van der Waals surface area contributed by atoms with Crippen molar-refractivity contribution in [3.8, 4) is 5.75 Å². The summed E-state index contributed by atoms with van der Waals surface area (Å²) in [5.74, 6) is -0.199. The summed E-state index contributed by atoms with van der Waals surface area (Å²) in [5, 5.41) is 4.05. The number of amides is 2. The van der Waals surface area contributed by atoms with E-state index >= 15 is 0 Å². The molecular weight excluding hydrogens is 483 g/mol. The van der Waals surface area contributed by atoms with Crippen LogP contribution < -0.4 is 10.1 Å². The second-order valence-electron chi connectivity index (χ2n) is 7.28. The molecule has 172 valence electrons. The molecule has 5 nitrogen and oxygen atoms in total. The normalized spacial score (nSPS) is 11.5. The van der Waals surface area contributed by atoms with Gasteiger partial charge in [-0.25, -0.2) is 0 Å². The molecule has 0 fully saturated rings.